The monoisotopic (exact) mass is 322 g/mol. The third kappa shape index (κ3) is 2.84. The van der Waals surface area contributed by atoms with Crippen LogP contribution in [0.25, 0.3) is 0 Å². The van der Waals surface area contributed by atoms with Crippen LogP contribution in [-0.4, -0.2) is 62.5 Å². The molecule has 1 N–H and O–H groups in total. The van der Waals surface area contributed by atoms with Crippen molar-refractivity contribution < 1.29 is 13.2 Å². The fourth-order valence-corrected chi connectivity index (χ4v) is 4.49. The molecule has 2 heterocycles. The first kappa shape index (κ1) is 15.7. The molecule has 20 heavy (non-hydrogen) atoms. The minimum atomic E-state index is -3.72. The van der Waals surface area contributed by atoms with E-state index in [1.54, 1.807) is 21.1 Å². The zero-order valence-corrected chi connectivity index (χ0v) is 13.5. The largest absolute Gasteiger partial charge is 0.378 e. The number of aryl methyl sites for hydroxylation is 2. The van der Waals surface area contributed by atoms with Crippen LogP contribution < -0.4 is 4.72 Å². The molecule has 1 aromatic heterocycles. The zero-order valence-electron chi connectivity index (χ0n) is 11.9. The SMILES string of the molecule is CO[C@H]1CN(C)C[C@@H]1NS(=O)(=O)c1c(C)nn(C)c1Cl. The van der Waals surface area contributed by atoms with Crippen LogP contribution in [0.1, 0.15) is 5.69 Å². The van der Waals surface area contributed by atoms with Crippen LogP contribution in [-0.2, 0) is 21.8 Å². The highest BCUT2D eigenvalue weighted by Gasteiger charge is 2.36. The van der Waals surface area contributed by atoms with Gasteiger partial charge in [0.25, 0.3) is 0 Å². The Labute approximate surface area is 123 Å². The van der Waals surface area contributed by atoms with E-state index in [-0.39, 0.29) is 22.2 Å². The van der Waals surface area contributed by atoms with E-state index in [1.807, 2.05) is 11.9 Å². The maximum Gasteiger partial charge on any atom is 0.245 e. The molecule has 114 valence electrons. The number of rotatable bonds is 4. The number of hydrogen-bond acceptors (Lipinski definition) is 5. The second kappa shape index (κ2) is 5.61. The predicted octanol–water partition coefficient (Wildman–Crippen LogP) is -0.0108. The Kier molecular flexibility index (Phi) is 4.41. The van der Waals surface area contributed by atoms with E-state index in [2.05, 4.69) is 9.82 Å². The van der Waals surface area contributed by atoms with Gasteiger partial charge in [0, 0.05) is 27.2 Å². The highest BCUT2D eigenvalue weighted by molar-refractivity contribution is 7.89. The van der Waals surface area contributed by atoms with Crippen LogP contribution in [0.15, 0.2) is 4.90 Å². The molecule has 0 amide bonds. The van der Waals surface area contributed by atoms with Gasteiger partial charge in [-0.15, -0.1) is 0 Å². The summed E-state index contributed by atoms with van der Waals surface area (Å²) in [6.07, 6.45) is -0.175. The topological polar surface area (TPSA) is 76.5 Å². The minimum Gasteiger partial charge on any atom is -0.378 e. The summed E-state index contributed by atoms with van der Waals surface area (Å²) in [6, 6.07) is -0.300. The van der Waals surface area contributed by atoms with Gasteiger partial charge in [0.15, 0.2) is 0 Å². The first-order chi connectivity index (χ1) is 9.26. The summed E-state index contributed by atoms with van der Waals surface area (Å²) in [7, 11) is 1.38. The lowest BCUT2D eigenvalue weighted by molar-refractivity contribution is 0.0969. The summed E-state index contributed by atoms with van der Waals surface area (Å²) in [5.74, 6) is 0. The number of aromatic nitrogens is 2. The van der Waals surface area contributed by atoms with E-state index in [0.29, 0.717) is 18.8 Å². The zero-order chi connectivity index (χ0) is 15.1. The molecule has 1 saturated heterocycles. The van der Waals surface area contributed by atoms with E-state index >= 15 is 0 Å². The fourth-order valence-electron chi connectivity index (χ4n) is 2.49. The molecule has 9 heteroatoms. The lowest BCUT2D eigenvalue weighted by Crippen LogP contribution is -2.43. The summed E-state index contributed by atoms with van der Waals surface area (Å²) in [4.78, 5) is 2.05. The summed E-state index contributed by atoms with van der Waals surface area (Å²) in [6.45, 7) is 2.90. The van der Waals surface area contributed by atoms with Crippen molar-refractivity contribution in [3.8, 4) is 0 Å². The number of likely N-dealkylation sites (N-methyl/N-ethyl adjacent to an activating group) is 1. The molecular formula is C11H19ClN4O3S. The molecule has 0 unspecified atom stereocenters. The quantitative estimate of drug-likeness (QED) is 0.843. The number of methoxy groups -OCH3 is 1. The fraction of sp³-hybridized carbons (Fsp3) is 0.727. The van der Waals surface area contributed by atoms with Crippen LogP contribution in [0.4, 0.5) is 0 Å². The van der Waals surface area contributed by atoms with E-state index in [1.165, 1.54) is 4.68 Å². The van der Waals surface area contributed by atoms with Crippen molar-refractivity contribution >= 4 is 21.6 Å². The third-order valence-electron chi connectivity index (χ3n) is 3.43. The lowest BCUT2D eigenvalue weighted by Gasteiger charge is -2.18. The summed E-state index contributed by atoms with van der Waals surface area (Å²) >= 11 is 6.02. The smallest absolute Gasteiger partial charge is 0.245 e. The molecule has 0 aromatic carbocycles. The molecule has 0 spiro atoms. The van der Waals surface area contributed by atoms with Gasteiger partial charge in [-0.05, 0) is 14.0 Å². The third-order valence-corrected chi connectivity index (χ3v) is 5.61. The van der Waals surface area contributed by atoms with Gasteiger partial charge in [-0.2, -0.15) is 5.10 Å². The van der Waals surface area contributed by atoms with Gasteiger partial charge in [-0.25, -0.2) is 13.1 Å². The summed E-state index contributed by atoms with van der Waals surface area (Å²) < 4.78 is 34.3. The van der Waals surface area contributed by atoms with Crippen LogP contribution in [0.3, 0.4) is 0 Å². The van der Waals surface area contributed by atoms with E-state index < -0.39 is 10.0 Å². The second-order valence-electron chi connectivity index (χ2n) is 5.05. The average molecular weight is 323 g/mol. The molecular weight excluding hydrogens is 304 g/mol. The van der Waals surface area contributed by atoms with Gasteiger partial charge >= 0.3 is 0 Å². The maximum absolute atomic E-state index is 12.5. The maximum atomic E-state index is 12.5. The number of halogens is 1. The van der Waals surface area contributed by atoms with Crippen LogP contribution in [0, 0.1) is 6.92 Å². The summed E-state index contributed by atoms with van der Waals surface area (Å²) in [5.41, 5.74) is 0.380. The van der Waals surface area contributed by atoms with Crippen LogP contribution in [0.5, 0.6) is 0 Å². The molecule has 1 aromatic rings. The second-order valence-corrected chi connectivity index (χ2v) is 7.06. The Morgan fingerprint density at radius 3 is 2.55 bits per heavy atom. The number of sulfonamides is 1. The molecule has 2 atom stereocenters. The Hall–Kier alpha value is -0.670. The van der Waals surface area contributed by atoms with E-state index in [9.17, 15) is 8.42 Å². The normalized spacial score (nSPS) is 24.4. The molecule has 1 aliphatic rings. The minimum absolute atomic E-state index is 0.0334. The van der Waals surface area contributed by atoms with Gasteiger partial charge in [0.05, 0.1) is 17.8 Å². The summed E-state index contributed by atoms with van der Waals surface area (Å²) in [5, 5.41) is 4.14. The number of likely N-dealkylation sites (tertiary alicyclic amines) is 1. The lowest BCUT2D eigenvalue weighted by atomic mass is 10.2. The molecule has 2 rings (SSSR count). The molecule has 1 fully saturated rings. The number of nitrogens with one attached hydrogen (secondary N) is 1. The van der Waals surface area contributed by atoms with Crippen molar-refractivity contribution in [2.75, 3.05) is 27.2 Å². The first-order valence-electron chi connectivity index (χ1n) is 6.19. The van der Waals surface area contributed by atoms with Gasteiger partial charge in [-0.1, -0.05) is 11.6 Å². The van der Waals surface area contributed by atoms with Crippen molar-refractivity contribution in [3.63, 3.8) is 0 Å². The molecule has 0 saturated carbocycles. The number of ether oxygens (including phenoxy) is 1. The molecule has 7 nitrogen and oxygen atoms in total. The molecule has 1 aliphatic heterocycles. The van der Waals surface area contributed by atoms with E-state index in [0.717, 1.165) is 0 Å². The van der Waals surface area contributed by atoms with Gasteiger partial charge in [0.1, 0.15) is 10.0 Å². The highest BCUT2D eigenvalue weighted by Crippen LogP contribution is 2.25. The van der Waals surface area contributed by atoms with Crippen molar-refractivity contribution in [3.05, 3.63) is 10.8 Å². The highest BCUT2D eigenvalue weighted by atomic mass is 35.5. The van der Waals surface area contributed by atoms with E-state index in [4.69, 9.17) is 16.3 Å². The van der Waals surface area contributed by atoms with Crippen LogP contribution in [0.2, 0.25) is 5.15 Å². The predicted molar refractivity (Wildman–Crippen MR) is 75.4 cm³/mol. The van der Waals surface area contributed by atoms with Crippen LogP contribution >= 0.6 is 11.6 Å². The van der Waals surface area contributed by atoms with Gasteiger partial charge in [-0.3, -0.25) is 4.68 Å². The van der Waals surface area contributed by atoms with Crippen molar-refractivity contribution in [1.29, 1.82) is 0 Å². The molecule has 0 bridgehead atoms. The Morgan fingerprint density at radius 2 is 2.05 bits per heavy atom. The Balaban J connectivity index is 2.28. The van der Waals surface area contributed by atoms with Gasteiger partial charge in [0.2, 0.25) is 10.0 Å². The molecule has 0 aliphatic carbocycles. The van der Waals surface area contributed by atoms with Crippen molar-refractivity contribution in [2.45, 2.75) is 24.0 Å². The average Bonchev–Trinajstić information content (AvgIpc) is 2.79. The number of nitrogens with zero attached hydrogens (tertiary/aromatic N) is 3. The first-order valence-corrected chi connectivity index (χ1v) is 8.05. The Morgan fingerprint density at radius 1 is 1.40 bits per heavy atom. The van der Waals surface area contributed by atoms with Crippen molar-refractivity contribution in [1.82, 2.24) is 19.4 Å². The van der Waals surface area contributed by atoms with Crippen molar-refractivity contribution in [2.24, 2.45) is 7.05 Å². The Bertz CT molecular complexity index is 601. The standard InChI is InChI=1S/C11H19ClN4O3S/c1-7-10(11(12)16(3)13-7)20(17,18)14-8-5-15(2)6-9(8)19-4/h8-9,14H,5-6H2,1-4H3/t8-,9-/m0/s1. The molecule has 0 radical (unpaired) electrons. The number of hydrogen-bond donors (Lipinski definition) is 1. The van der Waals surface area contributed by atoms with Gasteiger partial charge < -0.3 is 9.64 Å².